The maximum absolute atomic E-state index is 11.1. The van der Waals surface area contributed by atoms with Gasteiger partial charge < -0.3 is 47.4 Å². The van der Waals surface area contributed by atoms with Gasteiger partial charge in [-0.1, -0.05) is 47.6 Å². The number of allylic oxidation sites excluding steroid dienone is 1. The van der Waals surface area contributed by atoms with Gasteiger partial charge in [-0.25, -0.2) is 0 Å². The third-order valence-corrected chi connectivity index (χ3v) is 17.4. The second kappa shape index (κ2) is 20.4. The molecule has 0 aromatic heterocycles. The van der Waals surface area contributed by atoms with Gasteiger partial charge in [0.05, 0.1) is 61.0 Å². The Labute approximate surface area is 359 Å². The van der Waals surface area contributed by atoms with E-state index in [1.807, 2.05) is 61.5 Å². The lowest BCUT2D eigenvalue weighted by Gasteiger charge is -2.47. The van der Waals surface area contributed by atoms with Crippen molar-refractivity contribution in [3.05, 3.63) is 12.2 Å². The highest BCUT2D eigenvalue weighted by Crippen LogP contribution is 2.42. The molecule has 4 saturated heterocycles. The highest BCUT2D eigenvalue weighted by molar-refractivity contribution is 6.74. The third-order valence-electron chi connectivity index (χ3n) is 12.9. The average molecular weight is 855 g/mol. The van der Waals surface area contributed by atoms with Crippen LogP contribution in [-0.2, 0) is 47.1 Å². The van der Waals surface area contributed by atoms with Crippen molar-refractivity contribution < 1.29 is 52.2 Å². The summed E-state index contributed by atoms with van der Waals surface area (Å²) in [5.74, 6) is -2.52. The van der Waals surface area contributed by atoms with Crippen LogP contribution in [-0.4, -0.2) is 104 Å². The smallest absolute Gasteiger partial charge is 0.192 e. The summed E-state index contributed by atoms with van der Waals surface area (Å²) in [6, 6.07) is 0. The Morgan fingerprint density at radius 1 is 0.644 bits per heavy atom. The molecule has 0 aromatic carbocycles. The highest BCUT2D eigenvalue weighted by Gasteiger charge is 2.46. The van der Waals surface area contributed by atoms with E-state index in [0.29, 0.717) is 6.42 Å². The summed E-state index contributed by atoms with van der Waals surface area (Å²) < 4.78 is 59.2. The second-order valence-corrected chi connectivity index (χ2v) is 26.7. The van der Waals surface area contributed by atoms with Crippen LogP contribution in [0.15, 0.2) is 12.2 Å². The quantitative estimate of drug-likeness (QED) is 0.0806. The van der Waals surface area contributed by atoms with Crippen molar-refractivity contribution in [2.75, 3.05) is 0 Å². The summed E-state index contributed by atoms with van der Waals surface area (Å²) in [5.41, 5.74) is 0. The molecule has 4 heterocycles. The van der Waals surface area contributed by atoms with Gasteiger partial charge in [0.1, 0.15) is 6.29 Å². The third kappa shape index (κ3) is 16.4. The zero-order valence-corrected chi connectivity index (χ0v) is 41.0. The molecule has 0 aliphatic carbocycles. The predicted molar refractivity (Wildman–Crippen MR) is 233 cm³/mol. The summed E-state index contributed by atoms with van der Waals surface area (Å²) in [6.45, 7) is 33.6. The van der Waals surface area contributed by atoms with Crippen LogP contribution in [0, 0.1) is 11.8 Å². The molecule has 4 rings (SSSR count). The Morgan fingerprint density at radius 3 is 1.37 bits per heavy atom. The van der Waals surface area contributed by atoms with Crippen LogP contribution in [0.3, 0.4) is 0 Å². The van der Waals surface area contributed by atoms with Crippen molar-refractivity contribution in [2.24, 2.45) is 11.8 Å². The van der Waals surface area contributed by atoms with E-state index in [4.69, 9.17) is 42.3 Å². The standard InChI is InChI=1S/C47H86O11Si/c1-31(2)42(49)32(3)20-21-33-23-35(51-44(7,8)50-33)25-37-27-39(55-46(11,12)53-37)29-41-30-40(56-47(13,14)57-41)28-38-26-36(52-45(9,10)54-38)24-34(19-17-18-22-48)58-59(15,16)43(4,5)6/h17-18,22,31-42,49H,19-21,23-30H2,1-16H3/b18-17+/t32-,33-,34+,35-,36-,37-,38-,39+,40-,41-,42-/m0/s1. The van der Waals surface area contributed by atoms with Crippen molar-refractivity contribution in [1.29, 1.82) is 0 Å². The van der Waals surface area contributed by atoms with E-state index in [1.165, 1.54) is 0 Å². The van der Waals surface area contributed by atoms with Gasteiger partial charge in [-0.2, -0.15) is 0 Å². The first-order valence-corrected chi connectivity index (χ1v) is 25.8. The van der Waals surface area contributed by atoms with Crippen molar-refractivity contribution >= 4 is 14.6 Å². The predicted octanol–water partition coefficient (Wildman–Crippen LogP) is 10.2. The molecule has 11 nitrogen and oxygen atoms in total. The molecule has 0 unspecified atom stereocenters. The molecule has 0 amide bonds. The van der Waals surface area contributed by atoms with Crippen molar-refractivity contribution in [3.8, 4) is 0 Å². The molecule has 4 aliphatic rings. The van der Waals surface area contributed by atoms with Gasteiger partial charge in [0.2, 0.25) is 0 Å². The maximum Gasteiger partial charge on any atom is 0.192 e. The van der Waals surface area contributed by atoms with Crippen LogP contribution in [0.5, 0.6) is 0 Å². The Hall–Kier alpha value is -0.773. The number of aliphatic hydroxyl groups excluding tert-OH is 1. The molecule has 0 bridgehead atoms. The molecule has 11 atom stereocenters. The second-order valence-electron chi connectivity index (χ2n) is 22.0. The van der Waals surface area contributed by atoms with E-state index < -0.39 is 31.5 Å². The Morgan fingerprint density at radius 2 is 1.00 bits per heavy atom. The molecular formula is C47H86O11Si. The summed E-state index contributed by atoms with van der Waals surface area (Å²) in [4.78, 5) is 11.1. The lowest BCUT2D eigenvalue weighted by atomic mass is 9.88. The fourth-order valence-electron chi connectivity index (χ4n) is 9.59. The summed E-state index contributed by atoms with van der Waals surface area (Å²) in [5, 5.41) is 10.7. The molecule has 0 spiro atoms. The number of hydrogen-bond acceptors (Lipinski definition) is 11. The average Bonchev–Trinajstić information content (AvgIpc) is 3.03. The normalized spacial score (nSPS) is 34.1. The largest absolute Gasteiger partial charge is 0.414 e. The van der Waals surface area contributed by atoms with E-state index in [-0.39, 0.29) is 77.9 Å². The fourth-order valence-corrected chi connectivity index (χ4v) is 11.0. The first-order valence-electron chi connectivity index (χ1n) is 22.9. The van der Waals surface area contributed by atoms with Crippen molar-refractivity contribution in [1.82, 2.24) is 0 Å². The summed E-state index contributed by atoms with van der Waals surface area (Å²) >= 11 is 0. The van der Waals surface area contributed by atoms with Crippen LogP contribution < -0.4 is 0 Å². The van der Waals surface area contributed by atoms with Crippen LogP contribution >= 0.6 is 0 Å². The molecule has 59 heavy (non-hydrogen) atoms. The van der Waals surface area contributed by atoms with E-state index in [9.17, 15) is 9.90 Å². The van der Waals surface area contributed by atoms with Gasteiger partial charge in [-0.05, 0) is 117 Å². The van der Waals surface area contributed by atoms with Gasteiger partial charge in [-0.15, -0.1) is 0 Å². The number of rotatable bonds is 18. The van der Waals surface area contributed by atoms with Gasteiger partial charge in [0.25, 0.3) is 0 Å². The minimum absolute atomic E-state index is 0.00877. The van der Waals surface area contributed by atoms with Crippen LogP contribution in [0.25, 0.3) is 0 Å². The first kappa shape index (κ1) is 50.9. The van der Waals surface area contributed by atoms with Crippen molar-refractivity contribution in [3.63, 3.8) is 0 Å². The topological polar surface area (TPSA) is 120 Å². The summed E-state index contributed by atoms with van der Waals surface area (Å²) in [6.07, 6.45) is 12.0. The molecule has 344 valence electrons. The van der Waals surface area contributed by atoms with Gasteiger partial charge in [0, 0.05) is 44.9 Å². The maximum atomic E-state index is 11.1. The number of aliphatic hydroxyl groups is 1. The number of hydrogen-bond donors (Lipinski definition) is 1. The van der Waals surface area contributed by atoms with E-state index in [1.54, 1.807) is 6.08 Å². The van der Waals surface area contributed by atoms with Crippen LogP contribution in [0.1, 0.15) is 168 Å². The number of carbonyl (C=O) groups is 1. The number of ether oxygens (including phenoxy) is 8. The highest BCUT2D eigenvalue weighted by atomic mass is 28.4. The van der Waals surface area contributed by atoms with Crippen LogP contribution in [0.2, 0.25) is 18.1 Å². The molecule has 0 radical (unpaired) electrons. The molecular weight excluding hydrogens is 769 g/mol. The first-order chi connectivity index (χ1) is 27.0. The monoisotopic (exact) mass is 855 g/mol. The lowest BCUT2D eigenvalue weighted by Crippen LogP contribution is -2.52. The van der Waals surface area contributed by atoms with Gasteiger partial charge in [-0.3, -0.25) is 4.79 Å². The summed E-state index contributed by atoms with van der Waals surface area (Å²) in [7, 11) is -2.07. The molecule has 12 heteroatoms. The molecule has 1 N–H and O–H groups in total. The van der Waals surface area contributed by atoms with Gasteiger partial charge in [0.15, 0.2) is 31.5 Å². The van der Waals surface area contributed by atoms with Gasteiger partial charge >= 0.3 is 0 Å². The molecule has 4 fully saturated rings. The van der Waals surface area contributed by atoms with E-state index >= 15 is 0 Å². The SMILES string of the molecule is CC(C)[C@H](O)[C@@H](C)CC[C@H]1C[C@@H](C[C@H]2C[C@H](C[C@H]3C[C@H](C[C@@H]4C[C@H](C[C@@H](C/C=C/C=O)O[Si](C)(C)C(C)(C)C)OC(C)(C)O4)OC(C)(C)O3)OC(C)(C)O2)OC(C)(C)O1. The molecule has 0 aromatic rings. The minimum Gasteiger partial charge on any atom is -0.414 e. The zero-order chi connectivity index (χ0) is 44.2. The van der Waals surface area contributed by atoms with E-state index in [0.717, 1.165) is 70.5 Å². The van der Waals surface area contributed by atoms with Crippen LogP contribution in [0.4, 0.5) is 0 Å². The number of aldehydes is 1. The minimum atomic E-state index is -2.07. The zero-order valence-electron chi connectivity index (χ0n) is 40.0. The lowest BCUT2D eigenvalue weighted by molar-refractivity contribution is -0.339. The number of carbonyl (C=O) groups excluding carboxylic acids is 1. The Kier molecular flexibility index (Phi) is 17.6. The Bertz CT molecular complexity index is 1340. The molecule has 4 aliphatic heterocycles. The fraction of sp³-hybridized carbons (Fsp3) is 0.936. The Balaban J connectivity index is 1.38. The molecule has 0 saturated carbocycles. The van der Waals surface area contributed by atoms with Crippen molar-refractivity contribution in [2.45, 2.75) is 270 Å². The van der Waals surface area contributed by atoms with E-state index in [2.05, 4.69) is 54.6 Å².